The molecule has 0 saturated heterocycles. The van der Waals surface area contributed by atoms with E-state index >= 15 is 0 Å². The van der Waals surface area contributed by atoms with Crippen LogP contribution in [0.5, 0.6) is 0 Å². The molecule has 0 fully saturated rings. The van der Waals surface area contributed by atoms with Gasteiger partial charge in [0.05, 0.1) is 0 Å². The van der Waals surface area contributed by atoms with Gasteiger partial charge in [0.25, 0.3) is 0 Å². The summed E-state index contributed by atoms with van der Waals surface area (Å²) in [6, 6.07) is 0. The van der Waals surface area contributed by atoms with E-state index in [-0.39, 0.29) is 0 Å². The molecule has 0 saturated carbocycles. The fourth-order valence-electron chi connectivity index (χ4n) is 2.54. The van der Waals surface area contributed by atoms with Crippen molar-refractivity contribution in [3.05, 3.63) is 0 Å². The Morgan fingerprint density at radius 3 is 1.04 bits per heavy atom. The van der Waals surface area contributed by atoms with Gasteiger partial charge in [0, 0.05) is 42.9 Å². The van der Waals surface area contributed by atoms with Crippen LogP contribution in [0.25, 0.3) is 0 Å². The van der Waals surface area contributed by atoms with Gasteiger partial charge in [-0.05, 0) is 38.5 Å². The van der Waals surface area contributed by atoms with Crippen LogP contribution < -0.4 is 0 Å². The molecule has 27 heavy (non-hydrogen) atoms. The Hall–Kier alpha value is 1.50. The summed E-state index contributed by atoms with van der Waals surface area (Å²) >= 11 is 10.4. The van der Waals surface area contributed by atoms with Gasteiger partial charge in [0.2, 0.25) is 0 Å². The van der Waals surface area contributed by atoms with Crippen LogP contribution in [-0.2, 0) is 17.7 Å². The molecule has 0 rings (SSSR count). The Balaban J connectivity index is 4.23. The molecule has 0 aliphatic rings. The zero-order valence-corrected chi connectivity index (χ0v) is 22.8. The Bertz CT molecular complexity index is 261. The maximum atomic E-state index is 6.06. The van der Waals surface area contributed by atoms with E-state index in [9.17, 15) is 0 Å². The summed E-state index contributed by atoms with van der Waals surface area (Å²) in [5.41, 5.74) is 0. The molecule has 0 aromatic rings. The Morgan fingerprint density at radius 1 is 0.481 bits per heavy atom. The number of halogens is 3. The van der Waals surface area contributed by atoms with Crippen molar-refractivity contribution in [2.45, 2.75) is 77.0 Å². The van der Waals surface area contributed by atoms with Gasteiger partial charge in [-0.1, -0.05) is 86.3 Å². The van der Waals surface area contributed by atoms with Crippen molar-refractivity contribution in [2.75, 3.05) is 42.9 Å². The largest absolute Gasteiger partial charge is 0.679 e. The number of rotatable bonds is 22. The second-order valence-corrected chi connectivity index (χ2v) is 11.2. The zero-order valence-electron chi connectivity index (χ0n) is 17.0. The van der Waals surface area contributed by atoms with Crippen molar-refractivity contribution in [1.82, 2.24) is 0 Å². The highest BCUT2D eigenvalue weighted by Gasteiger charge is 2.44. The van der Waals surface area contributed by atoms with Crippen LogP contribution in [0.2, 0.25) is 0 Å². The fourth-order valence-corrected chi connectivity index (χ4v) is 5.52. The average molecular weight is 599 g/mol. The van der Waals surface area contributed by atoms with Gasteiger partial charge in [-0.2, -0.15) is 0 Å². The lowest BCUT2D eigenvalue weighted by Gasteiger charge is -2.27. The lowest BCUT2D eigenvalue weighted by molar-refractivity contribution is -0.0246. The summed E-state index contributed by atoms with van der Waals surface area (Å²) < 4.78 is 23.9. The summed E-state index contributed by atoms with van der Waals surface area (Å²) in [7, 11) is -1.34. The first kappa shape index (κ1) is 28.5. The van der Waals surface area contributed by atoms with Crippen molar-refractivity contribution in [3.63, 3.8) is 0 Å². The van der Waals surface area contributed by atoms with Crippen molar-refractivity contribution >= 4 is 56.8 Å². The van der Waals surface area contributed by atoms with E-state index in [2.05, 4.69) is 47.8 Å². The lowest BCUT2D eigenvalue weighted by atomic mass is 10.2. The van der Waals surface area contributed by atoms with Crippen LogP contribution >= 0.6 is 47.8 Å². The van der Waals surface area contributed by atoms with Gasteiger partial charge in [0.15, 0.2) is 0 Å². The third-order valence-electron chi connectivity index (χ3n) is 4.17. The molecule has 0 N–H and O–H groups in total. The first-order valence-corrected chi connectivity index (χ1v) is 15.4. The van der Waals surface area contributed by atoms with E-state index in [0.717, 1.165) is 35.3 Å². The minimum absolute atomic E-state index is 0.648. The molecule has 0 heterocycles. The van der Waals surface area contributed by atoms with Crippen LogP contribution in [0, 0.1) is 0 Å². The maximum absolute atomic E-state index is 6.06. The standard InChI is InChI=1S/C19H39Br3O4Si/c1-23-27(24-17-11-5-2-8-14-20,25-18-12-6-3-9-15-21)26-19-13-7-4-10-16-22/h2-19H2,1H3. The number of alkyl halides is 3. The SMILES string of the molecule is CO[Si](OCCCCCCBr)(OCCCCCCBr)OCCCCCCBr. The minimum atomic E-state index is -3.00. The minimum Gasteiger partial charge on any atom is -0.355 e. The molecule has 8 heteroatoms. The summed E-state index contributed by atoms with van der Waals surface area (Å²) in [5, 5.41) is 3.21. The van der Waals surface area contributed by atoms with Gasteiger partial charge in [-0.3, -0.25) is 0 Å². The Labute approximate surface area is 193 Å². The summed E-state index contributed by atoms with van der Waals surface area (Å²) in [5.74, 6) is 0. The monoisotopic (exact) mass is 596 g/mol. The summed E-state index contributed by atoms with van der Waals surface area (Å²) in [6.07, 6.45) is 13.9. The molecule has 0 radical (unpaired) electrons. The van der Waals surface area contributed by atoms with Crippen LogP contribution in [0.15, 0.2) is 0 Å². The molecule has 4 nitrogen and oxygen atoms in total. The Kier molecular flexibility index (Phi) is 23.4. The van der Waals surface area contributed by atoms with E-state index in [4.69, 9.17) is 17.7 Å². The van der Waals surface area contributed by atoms with Gasteiger partial charge < -0.3 is 17.7 Å². The molecular weight excluding hydrogens is 560 g/mol. The van der Waals surface area contributed by atoms with E-state index in [1.807, 2.05) is 0 Å². The topological polar surface area (TPSA) is 36.9 Å². The molecular formula is C19H39Br3O4Si. The molecule has 0 spiro atoms. The molecule has 0 aliphatic carbocycles. The van der Waals surface area contributed by atoms with E-state index in [0.29, 0.717) is 19.8 Å². The molecule has 0 bridgehead atoms. The van der Waals surface area contributed by atoms with Crippen molar-refractivity contribution < 1.29 is 17.7 Å². The number of unbranched alkanes of at least 4 members (excludes halogenated alkanes) is 9. The van der Waals surface area contributed by atoms with Crippen LogP contribution in [-0.4, -0.2) is 52.0 Å². The third kappa shape index (κ3) is 18.0. The highest BCUT2D eigenvalue weighted by Crippen LogP contribution is 2.16. The van der Waals surface area contributed by atoms with Crippen molar-refractivity contribution in [2.24, 2.45) is 0 Å². The average Bonchev–Trinajstić information content (AvgIpc) is 2.69. The molecule has 0 amide bonds. The molecule has 0 aliphatic heterocycles. The third-order valence-corrected chi connectivity index (χ3v) is 8.03. The zero-order chi connectivity index (χ0) is 20.1. The number of hydrogen-bond donors (Lipinski definition) is 0. The van der Waals surface area contributed by atoms with Gasteiger partial charge in [-0.15, -0.1) is 0 Å². The van der Waals surface area contributed by atoms with Crippen molar-refractivity contribution in [1.29, 1.82) is 0 Å². The second-order valence-electron chi connectivity index (χ2n) is 6.56. The number of hydrogen-bond acceptors (Lipinski definition) is 4. The highest BCUT2D eigenvalue weighted by atomic mass is 79.9. The van der Waals surface area contributed by atoms with Crippen LogP contribution in [0.3, 0.4) is 0 Å². The normalized spacial score (nSPS) is 12.0. The maximum Gasteiger partial charge on any atom is 0.679 e. The Morgan fingerprint density at radius 2 is 0.778 bits per heavy atom. The first-order valence-electron chi connectivity index (χ1n) is 10.4. The van der Waals surface area contributed by atoms with E-state index in [1.165, 1.54) is 57.8 Å². The molecule has 0 aromatic carbocycles. The highest BCUT2D eigenvalue weighted by molar-refractivity contribution is 9.09. The molecule has 0 aromatic heterocycles. The predicted octanol–water partition coefficient (Wildman–Crippen LogP) is 6.98. The van der Waals surface area contributed by atoms with Crippen LogP contribution in [0.4, 0.5) is 0 Å². The van der Waals surface area contributed by atoms with E-state index in [1.54, 1.807) is 7.11 Å². The quantitative estimate of drug-likeness (QED) is 0.0765. The first-order chi connectivity index (χ1) is 13.2. The van der Waals surface area contributed by atoms with Crippen molar-refractivity contribution in [3.8, 4) is 0 Å². The van der Waals surface area contributed by atoms with E-state index < -0.39 is 9.05 Å². The van der Waals surface area contributed by atoms with Gasteiger partial charge >= 0.3 is 9.05 Å². The lowest BCUT2D eigenvalue weighted by Crippen LogP contribution is -2.49. The fraction of sp³-hybridized carbons (Fsp3) is 1.00. The smallest absolute Gasteiger partial charge is 0.355 e. The van der Waals surface area contributed by atoms with Gasteiger partial charge in [-0.25, -0.2) is 0 Å². The second kappa shape index (κ2) is 22.2. The predicted molar refractivity (Wildman–Crippen MR) is 127 cm³/mol. The van der Waals surface area contributed by atoms with Gasteiger partial charge in [0.1, 0.15) is 0 Å². The summed E-state index contributed by atoms with van der Waals surface area (Å²) in [4.78, 5) is 0. The molecule has 0 atom stereocenters. The summed E-state index contributed by atoms with van der Waals surface area (Å²) in [6.45, 7) is 1.95. The van der Waals surface area contributed by atoms with Crippen LogP contribution in [0.1, 0.15) is 77.0 Å². The molecule has 0 unspecified atom stereocenters. The molecule has 164 valence electrons.